The van der Waals surface area contributed by atoms with Gasteiger partial charge in [-0.15, -0.1) is 12.4 Å². The van der Waals surface area contributed by atoms with E-state index in [1.165, 1.54) is 0 Å². The van der Waals surface area contributed by atoms with Gasteiger partial charge in [0, 0.05) is 0 Å². The molecule has 1 atom stereocenters. The molecule has 1 amide bonds. The molecule has 2 aromatic rings. The van der Waals surface area contributed by atoms with E-state index in [0.717, 1.165) is 17.7 Å². The fraction of sp³-hybridized carbons (Fsp3) is 0.278. The molecule has 0 spiro atoms. The van der Waals surface area contributed by atoms with Crippen molar-refractivity contribution in [3.05, 3.63) is 54.1 Å². The molecule has 2 aromatic carbocycles. The number of carbonyl (C=O) groups is 1. The summed E-state index contributed by atoms with van der Waals surface area (Å²) < 4.78 is 5.88. The lowest BCUT2D eigenvalue weighted by Crippen LogP contribution is -2.35. The topological polar surface area (TPSA) is 64.4 Å². The van der Waals surface area contributed by atoms with Crippen LogP contribution < -0.4 is 15.8 Å². The standard InChI is InChI=1S/C18H22N2O2.ClH/c1-3-7-15(19)18(21)20-16-10-4-5-11-17(16)22-14-9-6-8-13(2)12-14;/h4-6,8-12,15H,3,7,19H2,1-2H3,(H,20,21);1H. The Morgan fingerprint density at radius 2 is 1.96 bits per heavy atom. The van der Waals surface area contributed by atoms with Crippen molar-refractivity contribution in [2.45, 2.75) is 32.7 Å². The molecule has 0 saturated carbocycles. The molecule has 0 heterocycles. The molecule has 1 unspecified atom stereocenters. The number of halogens is 1. The van der Waals surface area contributed by atoms with Gasteiger partial charge in [0.2, 0.25) is 5.91 Å². The lowest BCUT2D eigenvalue weighted by Gasteiger charge is -2.15. The van der Waals surface area contributed by atoms with Crippen LogP contribution in [0.5, 0.6) is 11.5 Å². The van der Waals surface area contributed by atoms with Crippen molar-refractivity contribution in [1.82, 2.24) is 0 Å². The lowest BCUT2D eigenvalue weighted by atomic mass is 10.1. The Bertz CT molecular complexity index is 646. The minimum Gasteiger partial charge on any atom is -0.455 e. The highest BCUT2D eigenvalue weighted by Crippen LogP contribution is 2.29. The molecule has 124 valence electrons. The first kappa shape index (κ1) is 19.0. The van der Waals surface area contributed by atoms with E-state index in [9.17, 15) is 4.79 Å². The summed E-state index contributed by atoms with van der Waals surface area (Å²) in [5.41, 5.74) is 7.59. The number of ether oxygens (including phenoxy) is 1. The molecule has 0 radical (unpaired) electrons. The molecule has 0 aliphatic rings. The van der Waals surface area contributed by atoms with Crippen LogP contribution in [0.25, 0.3) is 0 Å². The third-order valence-electron chi connectivity index (χ3n) is 3.30. The number of para-hydroxylation sites is 2. The van der Waals surface area contributed by atoms with Crippen LogP contribution in [0.15, 0.2) is 48.5 Å². The largest absolute Gasteiger partial charge is 0.455 e. The first-order valence-electron chi connectivity index (χ1n) is 7.50. The van der Waals surface area contributed by atoms with E-state index in [1.807, 2.05) is 62.4 Å². The quantitative estimate of drug-likeness (QED) is 0.828. The SMILES string of the molecule is CCCC(N)C(=O)Nc1ccccc1Oc1cccc(C)c1.Cl. The van der Waals surface area contributed by atoms with Crippen LogP contribution >= 0.6 is 12.4 Å². The van der Waals surface area contributed by atoms with Gasteiger partial charge in [0.15, 0.2) is 5.75 Å². The van der Waals surface area contributed by atoms with Crippen LogP contribution in [0.3, 0.4) is 0 Å². The van der Waals surface area contributed by atoms with Crippen LogP contribution in [0.2, 0.25) is 0 Å². The fourth-order valence-electron chi connectivity index (χ4n) is 2.13. The summed E-state index contributed by atoms with van der Waals surface area (Å²) in [6, 6.07) is 14.6. The zero-order valence-corrected chi connectivity index (χ0v) is 14.2. The van der Waals surface area contributed by atoms with Gasteiger partial charge in [0.1, 0.15) is 5.75 Å². The van der Waals surface area contributed by atoms with Gasteiger partial charge in [-0.05, 0) is 43.2 Å². The van der Waals surface area contributed by atoms with Crippen LogP contribution in [0.4, 0.5) is 5.69 Å². The molecule has 5 heteroatoms. The Morgan fingerprint density at radius 3 is 2.65 bits per heavy atom. The average molecular weight is 335 g/mol. The Morgan fingerprint density at radius 1 is 1.22 bits per heavy atom. The van der Waals surface area contributed by atoms with Crippen molar-refractivity contribution in [2.75, 3.05) is 5.32 Å². The molecular formula is C18H23ClN2O2. The summed E-state index contributed by atoms with van der Waals surface area (Å²) in [6.07, 6.45) is 1.53. The maximum Gasteiger partial charge on any atom is 0.241 e. The summed E-state index contributed by atoms with van der Waals surface area (Å²) in [7, 11) is 0. The van der Waals surface area contributed by atoms with Gasteiger partial charge in [-0.1, -0.05) is 37.6 Å². The number of benzene rings is 2. The van der Waals surface area contributed by atoms with Crippen molar-refractivity contribution >= 4 is 24.0 Å². The zero-order chi connectivity index (χ0) is 15.9. The van der Waals surface area contributed by atoms with Crippen molar-refractivity contribution in [1.29, 1.82) is 0 Å². The molecule has 23 heavy (non-hydrogen) atoms. The maximum atomic E-state index is 12.1. The number of anilines is 1. The summed E-state index contributed by atoms with van der Waals surface area (Å²) in [4.78, 5) is 12.1. The minimum atomic E-state index is -0.503. The van der Waals surface area contributed by atoms with E-state index in [4.69, 9.17) is 10.5 Å². The van der Waals surface area contributed by atoms with Gasteiger partial charge in [-0.25, -0.2) is 0 Å². The maximum absolute atomic E-state index is 12.1. The third kappa shape index (κ3) is 5.58. The summed E-state index contributed by atoms with van der Waals surface area (Å²) in [6.45, 7) is 4.01. The first-order chi connectivity index (χ1) is 10.6. The van der Waals surface area contributed by atoms with E-state index in [-0.39, 0.29) is 18.3 Å². The minimum absolute atomic E-state index is 0. The number of hydrogen-bond acceptors (Lipinski definition) is 3. The monoisotopic (exact) mass is 334 g/mol. The Kier molecular flexibility index (Phi) is 7.59. The molecule has 0 saturated heterocycles. The summed E-state index contributed by atoms with van der Waals surface area (Å²) in [5.74, 6) is 1.15. The second-order valence-corrected chi connectivity index (χ2v) is 5.30. The normalized spacial score (nSPS) is 11.3. The molecule has 4 nitrogen and oxygen atoms in total. The number of amides is 1. The second-order valence-electron chi connectivity index (χ2n) is 5.30. The van der Waals surface area contributed by atoms with Crippen LogP contribution in [-0.4, -0.2) is 11.9 Å². The van der Waals surface area contributed by atoms with Crippen molar-refractivity contribution in [2.24, 2.45) is 5.73 Å². The Hall–Kier alpha value is -2.04. The lowest BCUT2D eigenvalue weighted by molar-refractivity contribution is -0.117. The van der Waals surface area contributed by atoms with E-state index < -0.39 is 6.04 Å². The summed E-state index contributed by atoms with van der Waals surface area (Å²) in [5, 5.41) is 2.84. The predicted molar refractivity (Wildman–Crippen MR) is 96.5 cm³/mol. The predicted octanol–water partition coefficient (Wildman–Crippen LogP) is 4.28. The number of nitrogens with two attached hydrogens (primary N) is 1. The van der Waals surface area contributed by atoms with Gasteiger partial charge in [-0.2, -0.15) is 0 Å². The molecule has 0 fully saturated rings. The van der Waals surface area contributed by atoms with E-state index in [0.29, 0.717) is 17.9 Å². The molecule has 2 rings (SSSR count). The van der Waals surface area contributed by atoms with Crippen molar-refractivity contribution < 1.29 is 9.53 Å². The number of hydrogen-bond donors (Lipinski definition) is 2. The fourth-order valence-corrected chi connectivity index (χ4v) is 2.13. The van der Waals surface area contributed by atoms with Crippen LogP contribution in [-0.2, 0) is 4.79 Å². The van der Waals surface area contributed by atoms with Gasteiger partial charge in [-0.3, -0.25) is 4.79 Å². The highest BCUT2D eigenvalue weighted by atomic mass is 35.5. The van der Waals surface area contributed by atoms with Gasteiger partial charge in [0.25, 0.3) is 0 Å². The van der Waals surface area contributed by atoms with E-state index in [1.54, 1.807) is 0 Å². The molecule has 0 bridgehead atoms. The average Bonchev–Trinajstić information content (AvgIpc) is 2.49. The number of nitrogens with one attached hydrogen (secondary N) is 1. The van der Waals surface area contributed by atoms with Gasteiger partial charge < -0.3 is 15.8 Å². The molecule has 0 aliphatic heterocycles. The molecular weight excluding hydrogens is 312 g/mol. The second kappa shape index (κ2) is 9.18. The van der Waals surface area contributed by atoms with Gasteiger partial charge in [0.05, 0.1) is 11.7 Å². The number of aryl methyl sites for hydroxylation is 1. The first-order valence-corrected chi connectivity index (χ1v) is 7.50. The Balaban J connectivity index is 0.00000264. The molecule has 0 aromatic heterocycles. The van der Waals surface area contributed by atoms with E-state index in [2.05, 4.69) is 5.32 Å². The van der Waals surface area contributed by atoms with Crippen LogP contribution in [0, 0.1) is 6.92 Å². The zero-order valence-electron chi connectivity index (χ0n) is 13.4. The van der Waals surface area contributed by atoms with Crippen LogP contribution in [0.1, 0.15) is 25.3 Å². The van der Waals surface area contributed by atoms with Gasteiger partial charge >= 0.3 is 0 Å². The third-order valence-corrected chi connectivity index (χ3v) is 3.30. The highest BCUT2D eigenvalue weighted by Gasteiger charge is 2.14. The highest BCUT2D eigenvalue weighted by molar-refractivity contribution is 5.95. The Labute approximate surface area is 143 Å². The summed E-state index contributed by atoms with van der Waals surface area (Å²) >= 11 is 0. The van der Waals surface area contributed by atoms with Crippen molar-refractivity contribution in [3.8, 4) is 11.5 Å². The number of carbonyl (C=O) groups excluding carboxylic acids is 1. The van der Waals surface area contributed by atoms with E-state index >= 15 is 0 Å². The van der Waals surface area contributed by atoms with Crippen molar-refractivity contribution in [3.63, 3.8) is 0 Å². The smallest absolute Gasteiger partial charge is 0.241 e. The number of rotatable bonds is 6. The molecule has 0 aliphatic carbocycles. The molecule has 3 N–H and O–H groups in total.